The molecule has 1 atom stereocenters. The fourth-order valence-corrected chi connectivity index (χ4v) is 2.95. The van der Waals surface area contributed by atoms with Gasteiger partial charge in [0.05, 0.1) is 0 Å². The third-order valence-electron chi connectivity index (χ3n) is 3.22. The van der Waals surface area contributed by atoms with Gasteiger partial charge in [0, 0.05) is 23.5 Å². The highest BCUT2D eigenvalue weighted by Crippen LogP contribution is 2.23. The highest BCUT2D eigenvalue weighted by atomic mass is 35.5. The molecule has 0 radical (unpaired) electrons. The van der Waals surface area contributed by atoms with Gasteiger partial charge in [0.2, 0.25) is 0 Å². The van der Waals surface area contributed by atoms with Crippen LogP contribution >= 0.6 is 36.2 Å². The molecule has 0 bridgehead atoms. The lowest BCUT2D eigenvalue weighted by Crippen LogP contribution is -2.36. The van der Waals surface area contributed by atoms with E-state index in [2.05, 4.69) is 15.6 Å². The summed E-state index contributed by atoms with van der Waals surface area (Å²) in [4.78, 5) is 16.4. The van der Waals surface area contributed by atoms with Gasteiger partial charge in [-0.15, -0.1) is 36.2 Å². The van der Waals surface area contributed by atoms with Crippen molar-refractivity contribution in [2.75, 3.05) is 13.1 Å². The Bertz CT molecular complexity index is 615. The number of carbonyl (C=O) groups excluding carboxylic acids is 1. The third kappa shape index (κ3) is 4.39. The summed E-state index contributed by atoms with van der Waals surface area (Å²) in [5.74, 6) is -0.430. The molecule has 4 nitrogen and oxygen atoms in total. The van der Waals surface area contributed by atoms with Crippen LogP contribution in [0, 0.1) is 5.82 Å². The Morgan fingerprint density at radius 1 is 1.32 bits per heavy atom. The van der Waals surface area contributed by atoms with Crippen LogP contribution in [-0.4, -0.2) is 30.0 Å². The van der Waals surface area contributed by atoms with E-state index in [9.17, 15) is 9.18 Å². The fourth-order valence-electron chi connectivity index (χ4n) is 2.14. The second-order valence-corrected chi connectivity index (χ2v) is 5.57. The highest BCUT2D eigenvalue weighted by molar-refractivity contribution is 7.13. The van der Waals surface area contributed by atoms with Gasteiger partial charge in [-0.2, -0.15) is 0 Å². The lowest BCUT2D eigenvalue weighted by Gasteiger charge is -2.09. The van der Waals surface area contributed by atoms with Crippen molar-refractivity contribution < 1.29 is 9.18 Å². The summed E-state index contributed by atoms with van der Waals surface area (Å²) in [6.07, 6.45) is 0.945. The van der Waals surface area contributed by atoms with Crippen molar-refractivity contribution in [2.45, 2.75) is 12.5 Å². The maximum atomic E-state index is 12.9. The summed E-state index contributed by atoms with van der Waals surface area (Å²) in [6, 6.07) is 6.29. The number of hydrogen-bond acceptors (Lipinski definition) is 4. The molecular formula is C14H16Cl2FN3OS. The maximum Gasteiger partial charge on any atom is 0.271 e. The van der Waals surface area contributed by atoms with E-state index >= 15 is 0 Å². The molecule has 1 amide bonds. The Hall–Kier alpha value is -1.21. The van der Waals surface area contributed by atoms with E-state index in [4.69, 9.17) is 0 Å². The number of benzene rings is 1. The van der Waals surface area contributed by atoms with Crippen molar-refractivity contribution in [2.24, 2.45) is 0 Å². The summed E-state index contributed by atoms with van der Waals surface area (Å²) in [6.45, 7) is 1.74. The van der Waals surface area contributed by atoms with Crippen LogP contribution in [0.3, 0.4) is 0 Å². The first-order chi connectivity index (χ1) is 9.72. The summed E-state index contributed by atoms with van der Waals surface area (Å²) < 4.78 is 12.9. The number of rotatable bonds is 3. The van der Waals surface area contributed by atoms with Gasteiger partial charge in [0.25, 0.3) is 5.91 Å². The van der Waals surface area contributed by atoms with E-state index in [1.54, 1.807) is 17.5 Å². The van der Waals surface area contributed by atoms with E-state index in [0.717, 1.165) is 30.1 Å². The molecule has 22 heavy (non-hydrogen) atoms. The highest BCUT2D eigenvalue weighted by Gasteiger charge is 2.19. The van der Waals surface area contributed by atoms with E-state index in [1.165, 1.54) is 23.5 Å². The molecule has 1 saturated heterocycles. The monoisotopic (exact) mass is 363 g/mol. The molecule has 2 N–H and O–H groups in total. The molecule has 120 valence electrons. The molecule has 8 heteroatoms. The van der Waals surface area contributed by atoms with Crippen LogP contribution < -0.4 is 10.6 Å². The van der Waals surface area contributed by atoms with E-state index in [-0.39, 0.29) is 42.6 Å². The third-order valence-corrected chi connectivity index (χ3v) is 4.11. The number of aromatic nitrogens is 1. The maximum absolute atomic E-state index is 12.9. The first kappa shape index (κ1) is 18.8. The van der Waals surface area contributed by atoms with Crippen LogP contribution in [0.2, 0.25) is 0 Å². The van der Waals surface area contributed by atoms with Gasteiger partial charge < -0.3 is 10.6 Å². The first-order valence-electron chi connectivity index (χ1n) is 6.45. The van der Waals surface area contributed by atoms with Gasteiger partial charge in [-0.25, -0.2) is 9.37 Å². The van der Waals surface area contributed by atoms with Gasteiger partial charge in [-0.1, -0.05) is 0 Å². The van der Waals surface area contributed by atoms with Crippen molar-refractivity contribution in [3.8, 4) is 10.6 Å². The molecule has 1 aromatic heterocycles. The lowest BCUT2D eigenvalue weighted by molar-refractivity contribution is 0.0936. The molecular weight excluding hydrogens is 348 g/mol. The van der Waals surface area contributed by atoms with Crippen LogP contribution in [0.25, 0.3) is 10.6 Å². The SMILES string of the molecule is Cl.Cl.O=C(NC1CCNC1)c1csc(-c2ccc(F)cc2)n1. The number of carbonyl (C=O) groups is 1. The van der Waals surface area contributed by atoms with Crippen LogP contribution in [-0.2, 0) is 0 Å². The Labute approximate surface area is 144 Å². The Balaban J connectivity index is 0.00000121. The standard InChI is InChI=1S/C14H14FN3OS.2ClH/c15-10-3-1-9(2-4-10)14-18-12(8-20-14)13(19)17-11-5-6-16-7-11;;/h1-4,8,11,16H,5-7H2,(H,17,19);2*1H. The van der Waals surface area contributed by atoms with Crippen molar-refractivity contribution in [1.82, 2.24) is 15.6 Å². The normalized spacial score (nSPS) is 16.5. The van der Waals surface area contributed by atoms with Gasteiger partial charge in [-0.05, 0) is 37.2 Å². The number of nitrogens with one attached hydrogen (secondary N) is 2. The topological polar surface area (TPSA) is 54.0 Å². The summed E-state index contributed by atoms with van der Waals surface area (Å²) in [5.41, 5.74) is 1.24. The van der Waals surface area contributed by atoms with Crippen molar-refractivity contribution in [3.63, 3.8) is 0 Å². The Kier molecular flexibility index (Phi) is 7.22. The summed E-state index contributed by atoms with van der Waals surface area (Å²) >= 11 is 1.38. The number of nitrogens with zero attached hydrogens (tertiary/aromatic N) is 1. The number of hydrogen-bond donors (Lipinski definition) is 2. The zero-order valence-corrected chi connectivity index (χ0v) is 14.0. The van der Waals surface area contributed by atoms with Crippen LogP contribution in [0.4, 0.5) is 4.39 Å². The molecule has 1 aliphatic rings. The van der Waals surface area contributed by atoms with Crippen LogP contribution in [0.1, 0.15) is 16.9 Å². The summed E-state index contributed by atoms with van der Waals surface area (Å²) in [5, 5.41) is 8.60. The first-order valence-corrected chi connectivity index (χ1v) is 7.33. The minimum Gasteiger partial charge on any atom is -0.347 e. The molecule has 0 aliphatic carbocycles. The second-order valence-electron chi connectivity index (χ2n) is 4.71. The van der Waals surface area contributed by atoms with E-state index < -0.39 is 0 Å². The number of thiazole rings is 1. The van der Waals surface area contributed by atoms with E-state index in [0.29, 0.717) is 5.69 Å². The average Bonchev–Trinajstić information content (AvgIpc) is 3.10. The van der Waals surface area contributed by atoms with Gasteiger partial charge in [-0.3, -0.25) is 4.79 Å². The zero-order chi connectivity index (χ0) is 13.9. The largest absolute Gasteiger partial charge is 0.347 e. The predicted octanol–water partition coefficient (Wildman–Crippen LogP) is 2.88. The fraction of sp³-hybridized carbons (Fsp3) is 0.286. The van der Waals surface area contributed by atoms with Crippen molar-refractivity contribution in [3.05, 3.63) is 41.2 Å². The molecule has 3 rings (SSSR count). The zero-order valence-electron chi connectivity index (χ0n) is 11.5. The van der Waals surface area contributed by atoms with Crippen LogP contribution in [0.15, 0.2) is 29.6 Å². The molecule has 1 unspecified atom stereocenters. The Morgan fingerprint density at radius 3 is 2.68 bits per heavy atom. The van der Waals surface area contributed by atoms with Gasteiger partial charge in [0.1, 0.15) is 16.5 Å². The number of halogens is 3. The minimum atomic E-state index is -0.281. The minimum absolute atomic E-state index is 0. The van der Waals surface area contributed by atoms with Crippen LogP contribution in [0.5, 0.6) is 0 Å². The van der Waals surface area contributed by atoms with Gasteiger partial charge >= 0.3 is 0 Å². The molecule has 1 aliphatic heterocycles. The molecule has 2 heterocycles. The molecule has 2 aromatic rings. The number of amides is 1. The molecule has 0 spiro atoms. The molecule has 0 saturated carbocycles. The van der Waals surface area contributed by atoms with Crippen molar-refractivity contribution >= 4 is 42.1 Å². The molecule has 1 fully saturated rings. The quantitative estimate of drug-likeness (QED) is 0.881. The average molecular weight is 364 g/mol. The smallest absolute Gasteiger partial charge is 0.271 e. The van der Waals surface area contributed by atoms with E-state index in [1.807, 2.05) is 0 Å². The van der Waals surface area contributed by atoms with Gasteiger partial charge in [0.15, 0.2) is 0 Å². The summed E-state index contributed by atoms with van der Waals surface area (Å²) in [7, 11) is 0. The lowest BCUT2D eigenvalue weighted by atomic mass is 10.2. The molecule has 1 aromatic carbocycles. The predicted molar refractivity (Wildman–Crippen MR) is 90.7 cm³/mol. The Morgan fingerprint density at radius 2 is 2.05 bits per heavy atom. The van der Waals surface area contributed by atoms with Crippen molar-refractivity contribution in [1.29, 1.82) is 0 Å². The second kappa shape index (κ2) is 8.43.